The summed E-state index contributed by atoms with van der Waals surface area (Å²) in [6.45, 7) is 11.3. The molecule has 0 spiro atoms. The molecule has 0 atom stereocenters. The Morgan fingerprint density at radius 1 is 1.14 bits per heavy atom. The molecule has 0 unspecified atom stereocenters. The van der Waals surface area contributed by atoms with Crippen LogP contribution in [0, 0.1) is 20.8 Å². The molecule has 0 amide bonds. The fourth-order valence-corrected chi connectivity index (χ4v) is 3.34. The standard InChI is InChI=1S/C20H30N4O2S.HI/c1-6-25-9-10-26-18-11-14(2)7-8-17(18)12-22-20(21-5)23-13-19-24-15(3)16(4)27-19;/h7-8,11H,6,9-10,12-13H2,1-5H3,(H2,21,22,23);1H. The van der Waals surface area contributed by atoms with Gasteiger partial charge in [-0.2, -0.15) is 0 Å². The topological polar surface area (TPSA) is 67.8 Å². The Kier molecular flexibility index (Phi) is 11.4. The molecule has 2 aromatic rings. The zero-order valence-corrected chi connectivity index (χ0v) is 20.4. The van der Waals surface area contributed by atoms with Crippen molar-refractivity contribution in [3.8, 4) is 5.75 Å². The van der Waals surface area contributed by atoms with Crippen LogP contribution in [0.4, 0.5) is 0 Å². The number of nitrogens with zero attached hydrogens (tertiary/aromatic N) is 2. The van der Waals surface area contributed by atoms with E-state index in [0.717, 1.165) is 28.0 Å². The number of nitrogens with one attached hydrogen (secondary N) is 2. The molecule has 1 aromatic heterocycles. The van der Waals surface area contributed by atoms with Crippen molar-refractivity contribution in [1.82, 2.24) is 15.6 Å². The van der Waals surface area contributed by atoms with Crippen molar-refractivity contribution in [2.24, 2.45) is 4.99 Å². The number of aliphatic imine (C=N–C) groups is 1. The predicted octanol–water partition coefficient (Wildman–Crippen LogP) is 3.97. The Hall–Kier alpha value is -1.39. The van der Waals surface area contributed by atoms with Gasteiger partial charge in [0.2, 0.25) is 0 Å². The molecule has 8 heteroatoms. The molecule has 2 N–H and O–H groups in total. The smallest absolute Gasteiger partial charge is 0.191 e. The van der Waals surface area contributed by atoms with E-state index in [-0.39, 0.29) is 24.0 Å². The molecule has 1 aromatic carbocycles. The minimum absolute atomic E-state index is 0. The Morgan fingerprint density at radius 2 is 1.89 bits per heavy atom. The van der Waals surface area contributed by atoms with Gasteiger partial charge in [-0.25, -0.2) is 4.98 Å². The first-order valence-electron chi connectivity index (χ1n) is 9.21. The molecule has 6 nitrogen and oxygen atoms in total. The third-order valence-electron chi connectivity index (χ3n) is 4.06. The number of rotatable bonds is 9. The van der Waals surface area contributed by atoms with Gasteiger partial charge in [-0.1, -0.05) is 12.1 Å². The lowest BCUT2D eigenvalue weighted by atomic mass is 10.1. The third kappa shape index (κ3) is 7.92. The van der Waals surface area contributed by atoms with Crippen LogP contribution in [0.1, 0.15) is 33.6 Å². The van der Waals surface area contributed by atoms with Crippen LogP contribution < -0.4 is 15.4 Å². The molecule has 0 fully saturated rings. The van der Waals surface area contributed by atoms with Crippen LogP contribution in [0.15, 0.2) is 23.2 Å². The maximum absolute atomic E-state index is 5.90. The molecular formula is C20H31IN4O2S. The molecular weight excluding hydrogens is 487 g/mol. The molecule has 0 aliphatic carbocycles. The highest BCUT2D eigenvalue weighted by Gasteiger charge is 2.08. The summed E-state index contributed by atoms with van der Waals surface area (Å²) in [6.07, 6.45) is 0. The minimum Gasteiger partial charge on any atom is -0.491 e. The van der Waals surface area contributed by atoms with E-state index in [2.05, 4.69) is 52.7 Å². The van der Waals surface area contributed by atoms with Gasteiger partial charge in [0, 0.05) is 30.6 Å². The van der Waals surface area contributed by atoms with E-state index in [4.69, 9.17) is 9.47 Å². The lowest BCUT2D eigenvalue weighted by molar-refractivity contribution is 0.110. The number of hydrogen-bond acceptors (Lipinski definition) is 5. The van der Waals surface area contributed by atoms with E-state index >= 15 is 0 Å². The minimum atomic E-state index is 0. The number of aromatic nitrogens is 1. The highest BCUT2D eigenvalue weighted by Crippen LogP contribution is 2.20. The van der Waals surface area contributed by atoms with Crippen LogP contribution in [0.2, 0.25) is 0 Å². The maximum Gasteiger partial charge on any atom is 0.191 e. The summed E-state index contributed by atoms with van der Waals surface area (Å²) in [6, 6.07) is 6.23. The van der Waals surface area contributed by atoms with Crippen molar-refractivity contribution < 1.29 is 9.47 Å². The normalized spacial score (nSPS) is 11.1. The number of hydrogen-bond donors (Lipinski definition) is 2. The van der Waals surface area contributed by atoms with Gasteiger partial charge in [0.15, 0.2) is 5.96 Å². The van der Waals surface area contributed by atoms with Crippen molar-refractivity contribution in [3.05, 3.63) is 44.9 Å². The lowest BCUT2D eigenvalue weighted by Crippen LogP contribution is -2.36. The first-order chi connectivity index (χ1) is 13.0. The zero-order valence-electron chi connectivity index (χ0n) is 17.3. The molecule has 0 bridgehead atoms. The van der Waals surface area contributed by atoms with Crippen LogP contribution in [-0.2, 0) is 17.8 Å². The van der Waals surface area contributed by atoms with Crippen molar-refractivity contribution in [1.29, 1.82) is 0 Å². The second-order valence-corrected chi connectivity index (χ2v) is 7.47. The fourth-order valence-electron chi connectivity index (χ4n) is 2.47. The summed E-state index contributed by atoms with van der Waals surface area (Å²) in [5.41, 5.74) is 3.34. The van der Waals surface area contributed by atoms with Crippen LogP contribution in [0.3, 0.4) is 0 Å². The monoisotopic (exact) mass is 518 g/mol. The number of ether oxygens (including phenoxy) is 2. The van der Waals surface area contributed by atoms with Gasteiger partial charge >= 0.3 is 0 Å². The molecule has 2 rings (SSSR count). The Labute approximate surface area is 189 Å². The van der Waals surface area contributed by atoms with E-state index in [1.807, 2.05) is 13.8 Å². The van der Waals surface area contributed by atoms with E-state index in [1.165, 1.54) is 10.4 Å². The molecule has 0 aliphatic heterocycles. The Balaban J connectivity index is 0.00000392. The van der Waals surface area contributed by atoms with Gasteiger partial charge < -0.3 is 20.1 Å². The molecule has 0 saturated carbocycles. The Morgan fingerprint density at radius 3 is 2.54 bits per heavy atom. The fraction of sp³-hybridized carbons (Fsp3) is 0.500. The molecule has 156 valence electrons. The molecule has 0 saturated heterocycles. The summed E-state index contributed by atoms with van der Waals surface area (Å²) in [5, 5.41) is 7.72. The summed E-state index contributed by atoms with van der Waals surface area (Å²) in [7, 11) is 1.77. The van der Waals surface area contributed by atoms with Crippen molar-refractivity contribution in [2.75, 3.05) is 26.9 Å². The largest absolute Gasteiger partial charge is 0.491 e. The zero-order chi connectivity index (χ0) is 19.6. The summed E-state index contributed by atoms with van der Waals surface area (Å²) >= 11 is 1.71. The second kappa shape index (κ2) is 12.9. The first kappa shape index (κ1) is 24.6. The quantitative estimate of drug-likeness (QED) is 0.228. The highest BCUT2D eigenvalue weighted by molar-refractivity contribution is 14.0. The maximum atomic E-state index is 5.90. The van der Waals surface area contributed by atoms with Gasteiger partial charge in [0.1, 0.15) is 17.4 Å². The third-order valence-corrected chi connectivity index (χ3v) is 5.13. The van der Waals surface area contributed by atoms with Crippen LogP contribution in [0.25, 0.3) is 0 Å². The molecule has 0 radical (unpaired) electrons. The van der Waals surface area contributed by atoms with Crippen molar-refractivity contribution in [3.63, 3.8) is 0 Å². The lowest BCUT2D eigenvalue weighted by Gasteiger charge is -2.15. The summed E-state index contributed by atoms with van der Waals surface area (Å²) < 4.78 is 11.2. The number of guanidine groups is 1. The predicted molar refractivity (Wildman–Crippen MR) is 127 cm³/mol. The van der Waals surface area contributed by atoms with Gasteiger partial charge in [0.05, 0.1) is 18.8 Å². The SMILES string of the molecule is CCOCCOc1cc(C)ccc1CNC(=NC)NCc1nc(C)c(C)s1.I. The molecule has 1 heterocycles. The van der Waals surface area contributed by atoms with Crippen LogP contribution in [-0.4, -0.2) is 37.8 Å². The molecule has 28 heavy (non-hydrogen) atoms. The number of benzene rings is 1. The van der Waals surface area contributed by atoms with E-state index in [1.54, 1.807) is 18.4 Å². The highest BCUT2D eigenvalue weighted by atomic mass is 127. The average molecular weight is 518 g/mol. The number of aryl methyl sites for hydroxylation is 3. The number of halogens is 1. The average Bonchev–Trinajstić information content (AvgIpc) is 2.98. The van der Waals surface area contributed by atoms with Crippen molar-refractivity contribution >= 4 is 41.3 Å². The molecule has 0 aliphatic rings. The Bertz CT molecular complexity index is 745. The summed E-state index contributed by atoms with van der Waals surface area (Å²) in [4.78, 5) is 10.1. The van der Waals surface area contributed by atoms with Gasteiger partial charge in [0.25, 0.3) is 0 Å². The van der Waals surface area contributed by atoms with Crippen LogP contribution >= 0.6 is 35.3 Å². The van der Waals surface area contributed by atoms with E-state index < -0.39 is 0 Å². The van der Waals surface area contributed by atoms with E-state index in [9.17, 15) is 0 Å². The second-order valence-electron chi connectivity index (χ2n) is 6.19. The number of thiazole rings is 1. The van der Waals surface area contributed by atoms with Crippen LogP contribution in [0.5, 0.6) is 5.75 Å². The van der Waals surface area contributed by atoms with Gasteiger partial charge in [-0.15, -0.1) is 35.3 Å². The van der Waals surface area contributed by atoms with E-state index in [0.29, 0.717) is 32.9 Å². The van der Waals surface area contributed by atoms with Gasteiger partial charge in [-0.3, -0.25) is 4.99 Å². The first-order valence-corrected chi connectivity index (χ1v) is 10.0. The summed E-state index contributed by atoms with van der Waals surface area (Å²) in [5.74, 6) is 1.62. The van der Waals surface area contributed by atoms with Crippen molar-refractivity contribution in [2.45, 2.75) is 40.8 Å². The van der Waals surface area contributed by atoms with Gasteiger partial charge in [-0.05, 0) is 39.3 Å².